The van der Waals surface area contributed by atoms with Crippen LogP contribution in [0.15, 0.2) is 89.6 Å². The molecule has 0 bridgehead atoms. The van der Waals surface area contributed by atoms with Crippen molar-refractivity contribution in [3.05, 3.63) is 102 Å². The van der Waals surface area contributed by atoms with Crippen LogP contribution >= 0.6 is 0 Å². The Kier molecular flexibility index (Phi) is 4.26. The van der Waals surface area contributed by atoms with E-state index in [4.69, 9.17) is 0 Å². The standard InChI is InChI=1S/C22H15FN2O2/c23-17-8-6-16(7-9-17)21-24-20(14-15-4-2-1-3-5-15)22(27)25(21)18-10-12-19(26)13-11-18/h1-14,26H/b20-14+. The second kappa shape index (κ2) is 6.88. The van der Waals surface area contributed by atoms with E-state index >= 15 is 0 Å². The first-order valence-corrected chi connectivity index (χ1v) is 8.37. The molecule has 0 atom stereocenters. The van der Waals surface area contributed by atoms with E-state index in [0.29, 0.717) is 17.1 Å². The minimum absolute atomic E-state index is 0.103. The zero-order valence-corrected chi connectivity index (χ0v) is 14.2. The number of aliphatic imine (C=N–C) groups is 1. The number of rotatable bonds is 3. The number of nitrogens with zero attached hydrogens (tertiary/aromatic N) is 2. The molecule has 0 saturated carbocycles. The fourth-order valence-electron chi connectivity index (χ4n) is 2.86. The summed E-state index contributed by atoms with van der Waals surface area (Å²) in [6.07, 6.45) is 1.71. The van der Waals surface area contributed by atoms with Crippen LogP contribution in [0.3, 0.4) is 0 Å². The average molecular weight is 358 g/mol. The van der Waals surface area contributed by atoms with Gasteiger partial charge in [-0.25, -0.2) is 9.38 Å². The molecule has 4 rings (SSSR count). The molecule has 0 fully saturated rings. The lowest BCUT2D eigenvalue weighted by molar-refractivity contribution is -0.113. The van der Waals surface area contributed by atoms with Crippen LogP contribution in [0.5, 0.6) is 5.75 Å². The first kappa shape index (κ1) is 16.7. The number of halogens is 1. The van der Waals surface area contributed by atoms with Gasteiger partial charge >= 0.3 is 0 Å². The van der Waals surface area contributed by atoms with Gasteiger partial charge in [-0.3, -0.25) is 9.69 Å². The lowest BCUT2D eigenvalue weighted by Gasteiger charge is -2.18. The molecule has 0 spiro atoms. The van der Waals surface area contributed by atoms with E-state index in [0.717, 1.165) is 5.56 Å². The van der Waals surface area contributed by atoms with Gasteiger partial charge in [0.2, 0.25) is 0 Å². The minimum atomic E-state index is -0.361. The molecule has 0 aliphatic carbocycles. The van der Waals surface area contributed by atoms with E-state index < -0.39 is 0 Å². The first-order valence-electron chi connectivity index (χ1n) is 8.37. The summed E-state index contributed by atoms with van der Waals surface area (Å²) >= 11 is 0. The van der Waals surface area contributed by atoms with E-state index in [1.54, 1.807) is 30.3 Å². The molecule has 1 aliphatic rings. The molecule has 5 heteroatoms. The summed E-state index contributed by atoms with van der Waals surface area (Å²) < 4.78 is 13.3. The highest BCUT2D eigenvalue weighted by Crippen LogP contribution is 2.29. The van der Waals surface area contributed by atoms with Gasteiger partial charge in [0.1, 0.15) is 23.1 Å². The SMILES string of the molecule is O=C1/C(=C\c2ccccc2)N=C(c2ccc(F)cc2)N1c1ccc(O)cc1. The van der Waals surface area contributed by atoms with Gasteiger partial charge in [0.25, 0.3) is 5.91 Å². The Morgan fingerprint density at radius 2 is 1.56 bits per heavy atom. The fraction of sp³-hybridized carbons (Fsp3) is 0. The van der Waals surface area contributed by atoms with Crippen molar-refractivity contribution in [2.45, 2.75) is 0 Å². The maximum atomic E-state index is 13.3. The maximum absolute atomic E-state index is 13.3. The third-order valence-corrected chi connectivity index (χ3v) is 4.17. The molecule has 4 nitrogen and oxygen atoms in total. The summed E-state index contributed by atoms with van der Waals surface area (Å²) in [5, 5.41) is 9.54. The average Bonchev–Trinajstić information content (AvgIpc) is 3.00. The Morgan fingerprint density at radius 1 is 0.889 bits per heavy atom. The highest BCUT2D eigenvalue weighted by atomic mass is 19.1. The van der Waals surface area contributed by atoms with Crippen LogP contribution in [0.2, 0.25) is 0 Å². The minimum Gasteiger partial charge on any atom is -0.508 e. The van der Waals surface area contributed by atoms with Gasteiger partial charge in [0, 0.05) is 5.56 Å². The highest BCUT2D eigenvalue weighted by molar-refractivity contribution is 6.33. The zero-order valence-electron chi connectivity index (χ0n) is 14.2. The lowest BCUT2D eigenvalue weighted by atomic mass is 10.1. The molecule has 1 N–H and O–H groups in total. The topological polar surface area (TPSA) is 52.9 Å². The number of aromatic hydroxyl groups is 1. The smallest absolute Gasteiger partial charge is 0.282 e. The van der Waals surface area contributed by atoms with Crippen molar-refractivity contribution >= 4 is 23.5 Å². The summed E-state index contributed by atoms with van der Waals surface area (Å²) in [6, 6.07) is 21.5. The Balaban J connectivity index is 1.82. The molecule has 132 valence electrons. The number of phenols is 1. The fourth-order valence-corrected chi connectivity index (χ4v) is 2.86. The number of hydrogen-bond donors (Lipinski definition) is 1. The number of phenolic OH excluding ortho intramolecular Hbond substituents is 1. The van der Waals surface area contributed by atoms with E-state index in [1.165, 1.54) is 29.2 Å². The molecule has 0 unspecified atom stereocenters. The summed E-state index contributed by atoms with van der Waals surface area (Å²) in [6.45, 7) is 0. The van der Waals surface area contributed by atoms with Gasteiger partial charge in [-0.1, -0.05) is 30.3 Å². The van der Waals surface area contributed by atoms with E-state index in [-0.39, 0.29) is 23.2 Å². The van der Waals surface area contributed by atoms with E-state index in [9.17, 15) is 14.3 Å². The van der Waals surface area contributed by atoms with Crippen molar-refractivity contribution in [2.24, 2.45) is 4.99 Å². The zero-order chi connectivity index (χ0) is 18.8. The molecular weight excluding hydrogens is 343 g/mol. The highest BCUT2D eigenvalue weighted by Gasteiger charge is 2.32. The first-order chi connectivity index (χ1) is 13.1. The molecule has 1 amide bonds. The molecule has 3 aromatic rings. The Labute approximate surface area is 155 Å². The van der Waals surface area contributed by atoms with Gasteiger partial charge in [-0.05, 0) is 60.2 Å². The predicted molar refractivity (Wildman–Crippen MR) is 103 cm³/mol. The predicted octanol–water partition coefficient (Wildman–Crippen LogP) is 4.37. The van der Waals surface area contributed by atoms with Gasteiger partial charge in [0.15, 0.2) is 0 Å². The second-order valence-electron chi connectivity index (χ2n) is 6.04. The number of anilines is 1. The van der Waals surface area contributed by atoms with Crippen LogP contribution in [0.1, 0.15) is 11.1 Å². The number of carbonyl (C=O) groups excluding carboxylic acids is 1. The molecule has 0 aromatic heterocycles. The van der Waals surface area contributed by atoms with Crippen molar-refractivity contribution in [2.75, 3.05) is 4.90 Å². The summed E-state index contributed by atoms with van der Waals surface area (Å²) in [7, 11) is 0. The van der Waals surface area contributed by atoms with Crippen molar-refractivity contribution in [3.8, 4) is 5.75 Å². The number of amidine groups is 1. The molecule has 0 radical (unpaired) electrons. The molecule has 27 heavy (non-hydrogen) atoms. The maximum Gasteiger partial charge on any atom is 0.282 e. The van der Waals surface area contributed by atoms with Crippen molar-refractivity contribution < 1.29 is 14.3 Å². The van der Waals surface area contributed by atoms with Crippen molar-refractivity contribution in [1.29, 1.82) is 0 Å². The normalized spacial score (nSPS) is 15.3. The molecule has 1 aliphatic heterocycles. The second-order valence-corrected chi connectivity index (χ2v) is 6.04. The van der Waals surface area contributed by atoms with Gasteiger partial charge in [0.05, 0.1) is 5.69 Å². The lowest BCUT2D eigenvalue weighted by Crippen LogP contribution is -2.32. The Hall–Kier alpha value is -3.73. The molecule has 0 saturated heterocycles. The molecule has 1 heterocycles. The van der Waals surface area contributed by atoms with Crippen molar-refractivity contribution in [1.82, 2.24) is 0 Å². The Morgan fingerprint density at radius 3 is 2.22 bits per heavy atom. The number of amides is 1. The van der Waals surface area contributed by atoms with Crippen molar-refractivity contribution in [3.63, 3.8) is 0 Å². The number of hydrogen-bond acceptors (Lipinski definition) is 3. The monoisotopic (exact) mass is 358 g/mol. The summed E-state index contributed by atoms with van der Waals surface area (Å²) in [5.74, 6) is -0.137. The van der Waals surface area contributed by atoms with Gasteiger partial charge in [-0.2, -0.15) is 0 Å². The van der Waals surface area contributed by atoms with Crippen LogP contribution in [-0.2, 0) is 4.79 Å². The van der Waals surface area contributed by atoms with E-state index in [2.05, 4.69) is 4.99 Å². The van der Waals surface area contributed by atoms with Crippen LogP contribution in [0.4, 0.5) is 10.1 Å². The summed E-state index contributed by atoms with van der Waals surface area (Å²) in [4.78, 5) is 19.0. The molecule has 3 aromatic carbocycles. The van der Waals surface area contributed by atoms with E-state index in [1.807, 2.05) is 30.3 Å². The Bertz CT molecular complexity index is 1040. The number of carbonyl (C=O) groups is 1. The largest absolute Gasteiger partial charge is 0.508 e. The quantitative estimate of drug-likeness (QED) is 0.707. The van der Waals surface area contributed by atoms with Gasteiger partial charge in [-0.15, -0.1) is 0 Å². The van der Waals surface area contributed by atoms with Crippen LogP contribution in [-0.4, -0.2) is 16.8 Å². The van der Waals surface area contributed by atoms with Crippen LogP contribution < -0.4 is 4.90 Å². The van der Waals surface area contributed by atoms with Crippen LogP contribution in [0.25, 0.3) is 6.08 Å². The van der Waals surface area contributed by atoms with Crippen LogP contribution in [0, 0.1) is 5.82 Å². The molecular formula is C22H15FN2O2. The summed E-state index contributed by atoms with van der Waals surface area (Å²) in [5.41, 5.74) is 2.33. The van der Waals surface area contributed by atoms with Gasteiger partial charge < -0.3 is 5.11 Å². The number of benzene rings is 3. The third kappa shape index (κ3) is 3.35. The third-order valence-electron chi connectivity index (χ3n) is 4.17.